The number of anilines is 2. The van der Waals surface area contributed by atoms with Crippen LogP contribution < -0.4 is 15.5 Å². The van der Waals surface area contributed by atoms with E-state index in [9.17, 15) is 18.0 Å². The molecule has 180 valence electrons. The molecule has 10 heteroatoms. The zero-order valence-corrected chi connectivity index (χ0v) is 19.4. The van der Waals surface area contributed by atoms with Crippen LogP contribution in [0, 0.1) is 6.92 Å². The van der Waals surface area contributed by atoms with E-state index in [1.165, 1.54) is 23.0 Å². The summed E-state index contributed by atoms with van der Waals surface area (Å²) in [7, 11) is 0. The van der Waals surface area contributed by atoms with E-state index in [0.29, 0.717) is 38.4 Å². The Hall–Kier alpha value is -3.11. The highest BCUT2D eigenvalue weighted by Crippen LogP contribution is 2.37. The molecule has 34 heavy (non-hydrogen) atoms. The Bertz CT molecular complexity index is 1130. The van der Waals surface area contributed by atoms with Gasteiger partial charge in [0.2, 0.25) is 0 Å². The van der Waals surface area contributed by atoms with E-state index in [0.717, 1.165) is 22.3 Å². The van der Waals surface area contributed by atoms with Crippen molar-refractivity contribution in [2.24, 2.45) is 0 Å². The Morgan fingerprint density at radius 2 is 1.88 bits per heavy atom. The van der Waals surface area contributed by atoms with Crippen molar-refractivity contribution in [3.63, 3.8) is 0 Å². The molecular formula is C24H25F3N4O2S. The molecule has 2 aromatic carbocycles. The van der Waals surface area contributed by atoms with E-state index in [4.69, 9.17) is 4.74 Å². The lowest BCUT2D eigenvalue weighted by molar-refractivity contribution is -0.136. The molecule has 0 radical (unpaired) electrons. The molecule has 4 rings (SSSR count). The highest BCUT2D eigenvalue weighted by Gasteiger charge is 2.35. The lowest BCUT2D eigenvalue weighted by Crippen LogP contribution is -2.36. The monoisotopic (exact) mass is 490 g/mol. The molecule has 0 bridgehead atoms. The van der Waals surface area contributed by atoms with Gasteiger partial charge in [0.05, 0.1) is 30.2 Å². The van der Waals surface area contributed by atoms with E-state index >= 15 is 0 Å². The number of rotatable bonds is 6. The van der Waals surface area contributed by atoms with Crippen LogP contribution in [0.4, 0.5) is 29.3 Å². The van der Waals surface area contributed by atoms with E-state index in [2.05, 4.69) is 15.6 Å². The van der Waals surface area contributed by atoms with Crippen LogP contribution in [0.15, 0.2) is 47.8 Å². The summed E-state index contributed by atoms with van der Waals surface area (Å²) in [5.74, 6) is 0. The second-order valence-corrected chi connectivity index (χ2v) is 8.83. The maximum atomic E-state index is 13.7. The molecule has 0 aliphatic carbocycles. The van der Waals surface area contributed by atoms with Crippen LogP contribution >= 0.6 is 11.3 Å². The quantitative estimate of drug-likeness (QED) is 0.490. The number of thiazole rings is 1. The normalized spacial score (nSPS) is 14.2. The molecule has 1 aliphatic rings. The second kappa shape index (κ2) is 10.4. The smallest absolute Gasteiger partial charge is 0.378 e. The number of halogens is 3. The van der Waals surface area contributed by atoms with Gasteiger partial charge in [0.1, 0.15) is 5.01 Å². The molecule has 0 atom stereocenters. The Balaban J connectivity index is 1.35. The lowest BCUT2D eigenvalue weighted by Gasteiger charge is -2.29. The average molecular weight is 491 g/mol. The van der Waals surface area contributed by atoms with Gasteiger partial charge in [-0.2, -0.15) is 13.2 Å². The molecule has 1 aromatic heterocycles. The van der Waals surface area contributed by atoms with E-state index in [-0.39, 0.29) is 12.2 Å². The van der Waals surface area contributed by atoms with Gasteiger partial charge in [-0.1, -0.05) is 29.8 Å². The number of carbonyl (C=O) groups is 1. The molecule has 1 aliphatic heterocycles. The first-order valence-electron chi connectivity index (χ1n) is 10.9. The molecule has 3 aromatic rings. The van der Waals surface area contributed by atoms with Gasteiger partial charge >= 0.3 is 12.2 Å². The summed E-state index contributed by atoms with van der Waals surface area (Å²) in [6, 6.07) is 11.3. The van der Waals surface area contributed by atoms with Crippen molar-refractivity contribution in [1.29, 1.82) is 0 Å². The summed E-state index contributed by atoms with van der Waals surface area (Å²) < 4.78 is 46.2. The number of urea groups is 1. The fourth-order valence-corrected chi connectivity index (χ4v) is 4.48. The number of carbonyl (C=O) groups excluding carboxylic acids is 1. The summed E-state index contributed by atoms with van der Waals surface area (Å²) in [6.45, 7) is 4.24. The number of aromatic nitrogens is 1. The van der Waals surface area contributed by atoms with Crippen LogP contribution in [0.2, 0.25) is 0 Å². The largest absolute Gasteiger partial charge is 0.418 e. The van der Waals surface area contributed by atoms with Crippen molar-refractivity contribution in [3.8, 4) is 10.6 Å². The predicted molar refractivity (Wildman–Crippen MR) is 127 cm³/mol. The van der Waals surface area contributed by atoms with Crippen molar-refractivity contribution in [2.45, 2.75) is 19.5 Å². The minimum absolute atomic E-state index is 0.246. The Labute approximate surface area is 199 Å². The molecule has 6 nitrogen and oxygen atoms in total. The van der Waals surface area contributed by atoms with Gasteiger partial charge in [0, 0.05) is 42.7 Å². The number of aryl methyl sites for hydroxylation is 1. The molecule has 0 saturated carbocycles. The summed E-state index contributed by atoms with van der Waals surface area (Å²) >= 11 is 1.51. The summed E-state index contributed by atoms with van der Waals surface area (Å²) in [4.78, 5) is 18.7. The Morgan fingerprint density at radius 1 is 1.15 bits per heavy atom. The van der Waals surface area contributed by atoms with Crippen LogP contribution in [0.3, 0.4) is 0 Å². The number of benzene rings is 2. The Morgan fingerprint density at radius 3 is 2.59 bits per heavy atom. The maximum absolute atomic E-state index is 13.7. The fraction of sp³-hybridized carbons (Fsp3) is 0.333. The number of morpholine rings is 1. The SMILES string of the molecule is Cc1ccc(-c2nc(CCNC(=O)Nc3ccc(N4CCOCC4)cc3C(F)(F)F)cs2)cc1. The fourth-order valence-electron chi connectivity index (χ4n) is 3.62. The first-order valence-corrected chi connectivity index (χ1v) is 11.8. The third-order valence-corrected chi connectivity index (χ3v) is 6.39. The standard InChI is InChI=1S/C24H25F3N4O2S/c1-16-2-4-17(5-3-16)22-29-18(15-34-22)8-9-28-23(32)30-21-7-6-19(14-20(21)24(25,26)27)31-10-12-33-13-11-31/h2-7,14-15H,8-13H2,1H3,(H2,28,30,32). The maximum Gasteiger partial charge on any atom is 0.418 e. The molecule has 2 heterocycles. The summed E-state index contributed by atoms with van der Waals surface area (Å²) in [6.07, 6.45) is -4.13. The topological polar surface area (TPSA) is 66.5 Å². The predicted octanol–water partition coefficient (Wildman–Crippen LogP) is 5.34. The molecule has 0 unspecified atom stereocenters. The molecule has 1 fully saturated rings. The number of ether oxygens (including phenoxy) is 1. The van der Waals surface area contributed by atoms with Crippen molar-refractivity contribution in [2.75, 3.05) is 43.1 Å². The molecular weight excluding hydrogens is 465 g/mol. The first kappa shape index (κ1) is 24.0. The summed E-state index contributed by atoms with van der Waals surface area (Å²) in [5.41, 5.74) is 2.29. The van der Waals surface area contributed by atoms with Crippen molar-refractivity contribution in [1.82, 2.24) is 10.3 Å². The van der Waals surface area contributed by atoms with Crippen LogP contribution in [0.25, 0.3) is 10.6 Å². The molecule has 2 N–H and O–H groups in total. The second-order valence-electron chi connectivity index (χ2n) is 7.97. The number of nitrogens with one attached hydrogen (secondary N) is 2. The van der Waals surface area contributed by atoms with E-state index < -0.39 is 17.8 Å². The van der Waals surface area contributed by atoms with Crippen LogP contribution in [0.1, 0.15) is 16.8 Å². The van der Waals surface area contributed by atoms with Crippen LogP contribution in [0.5, 0.6) is 0 Å². The van der Waals surface area contributed by atoms with E-state index in [1.54, 1.807) is 6.07 Å². The zero-order chi connectivity index (χ0) is 24.1. The molecule has 0 spiro atoms. The Kier molecular flexibility index (Phi) is 7.38. The van der Waals surface area contributed by atoms with Gasteiger partial charge in [-0.05, 0) is 25.1 Å². The van der Waals surface area contributed by atoms with Gasteiger partial charge in [-0.3, -0.25) is 0 Å². The zero-order valence-electron chi connectivity index (χ0n) is 18.6. The van der Waals surface area contributed by atoms with Gasteiger partial charge < -0.3 is 20.3 Å². The highest BCUT2D eigenvalue weighted by atomic mass is 32.1. The van der Waals surface area contributed by atoms with Gasteiger partial charge in [0.15, 0.2) is 0 Å². The number of alkyl halides is 3. The third-order valence-electron chi connectivity index (χ3n) is 5.45. The first-order chi connectivity index (χ1) is 16.3. The number of amides is 2. The number of nitrogens with zero attached hydrogens (tertiary/aromatic N) is 2. The highest BCUT2D eigenvalue weighted by molar-refractivity contribution is 7.13. The van der Waals surface area contributed by atoms with Crippen LogP contribution in [-0.4, -0.2) is 43.9 Å². The van der Waals surface area contributed by atoms with Gasteiger partial charge in [-0.25, -0.2) is 9.78 Å². The van der Waals surface area contributed by atoms with Crippen LogP contribution in [-0.2, 0) is 17.3 Å². The minimum atomic E-state index is -4.60. The number of hydrogen-bond donors (Lipinski definition) is 2. The third kappa shape index (κ3) is 6.06. The minimum Gasteiger partial charge on any atom is -0.378 e. The van der Waals surface area contributed by atoms with Crippen molar-refractivity contribution >= 4 is 28.7 Å². The lowest BCUT2D eigenvalue weighted by atomic mass is 10.1. The van der Waals surface area contributed by atoms with Crippen molar-refractivity contribution in [3.05, 3.63) is 64.7 Å². The van der Waals surface area contributed by atoms with Crippen molar-refractivity contribution < 1.29 is 22.7 Å². The summed E-state index contributed by atoms with van der Waals surface area (Å²) in [5, 5.41) is 7.75. The van der Waals surface area contributed by atoms with Gasteiger partial charge in [-0.15, -0.1) is 11.3 Å². The van der Waals surface area contributed by atoms with E-state index in [1.807, 2.05) is 41.5 Å². The number of hydrogen-bond acceptors (Lipinski definition) is 5. The molecule has 1 saturated heterocycles. The van der Waals surface area contributed by atoms with Gasteiger partial charge in [0.25, 0.3) is 0 Å². The molecule has 2 amide bonds. The average Bonchev–Trinajstić information content (AvgIpc) is 3.28.